The lowest BCUT2D eigenvalue weighted by Gasteiger charge is -2.13. The molecule has 0 radical (unpaired) electrons. The summed E-state index contributed by atoms with van der Waals surface area (Å²) in [6.45, 7) is 1.73. The van der Waals surface area contributed by atoms with Gasteiger partial charge >= 0.3 is 0 Å². The van der Waals surface area contributed by atoms with E-state index in [-0.39, 0.29) is 11.9 Å². The van der Waals surface area contributed by atoms with E-state index >= 15 is 0 Å². The number of nitrogens with two attached hydrogens (primary N) is 1. The first kappa shape index (κ1) is 14.4. The number of rotatable bonds is 2. The molecule has 0 aliphatic carbocycles. The highest BCUT2D eigenvalue weighted by Gasteiger charge is 2.20. The van der Waals surface area contributed by atoms with Gasteiger partial charge in [-0.05, 0) is 54.0 Å². The van der Waals surface area contributed by atoms with E-state index in [1.54, 1.807) is 24.3 Å². The van der Waals surface area contributed by atoms with Crippen molar-refractivity contribution in [3.8, 4) is 0 Å². The van der Waals surface area contributed by atoms with E-state index in [1.807, 2.05) is 11.8 Å². The van der Waals surface area contributed by atoms with Crippen LogP contribution in [0.5, 0.6) is 0 Å². The largest absolute Gasteiger partial charge is 0.320 e. The van der Waals surface area contributed by atoms with Crippen molar-refractivity contribution in [3.63, 3.8) is 0 Å². The van der Waals surface area contributed by atoms with Crippen LogP contribution in [0, 0.1) is 12.7 Å². The number of fused-ring (bicyclic) bond motifs is 1. The quantitative estimate of drug-likeness (QED) is 0.866. The van der Waals surface area contributed by atoms with Gasteiger partial charge in [0.15, 0.2) is 0 Å². The van der Waals surface area contributed by atoms with Crippen molar-refractivity contribution in [1.82, 2.24) is 0 Å². The van der Waals surface area contributed by atoms with Crippen molar-refractivity contribution < 1.29 is 4.39 Å². The lowest BCUT2D eigenvalue weighted by atomic mass is 10.0. The second-order valence-corrected chi connectivity index (χ2v) is 7.68. The SMILES string of the molecule is Cc1cc(C(N)c2cc3c(s2)CCSC3)c(Cl)cc1F. The molecule has 0 saturated carbocycles. The van der Waals surface area contributed by atoms with Crippen molar-refractivity contribution in [2.75, 3.05) is 5.75 Å². The van der Waals surface area contributed by atoms with Crippen molar-refractivity contribution in [3.05, 3.63) is 55.5 Å². The number of hydrogen-bond donors (Lipinski definition) is 1. The highest BCUT2D eigenvalue weighted by molar-refractivity contribution is 7.98. The van der Waals surface area contributed by atoms with Gasteiger partial charge in [-0.3, -0.25) is 0 Å². The van der Waals surface area contributed by atoms with Gasteiger partial charge < -0.3 is 5.73 Å². The fourth-order valence-corrected chi connectivity index (χ4v) is 5.06. The Labute approximate surface area is 131 Å². The number of hydrogen-bond acceptors (Lipinski definition) is 3. The Bertz CT molecular complexity index is 630. The van der Waals surface area contributed by atoms with E-state index in [1.165, 1.54) is 22.3 Å². The molecule has 1 aliphatic heterocycles. The zero-order valence-corrected chi connectivity index (χ0v) is 13.5. The molecule has 1 aromatic carbocycles. The van der Waals surface area contributed by atoms with Gasteiger partial charge in [0.1, 0.15) is 5.82 Å². The average molecular weight is 328 g/mol. The summed E-state index contributed by atoms with van der Waals surface area (Å²) in [5, 5.41) is 0.404. The highest BCUT2D eigenvalue weighted by atomic mass is 35.5. The molecule has 0 amide bonds. The summed E-state index contributed by atoms with van der Waals surface area (Å²) in [6, 6.07) is 5.03. The third kappa shape index (κ3) is 2.62. The normalized spacial score (nSPS) is 16.0. The standard InChI is InChI=1S/C15H15ClFNS2/c1-8-4-10(11(16)6-12(8)17)15(18)14-5-9-7-19-3-2-13(9)20-14/h4-6,15H,2-3,7,18H2,1H3. The number of halogens is 2. The third-order valence-corrected chi connectivity index (χ3v) is 6.22. The molecule has 1 aliphatic rings. The van der Waals surface area contributed by atoms with Crippen molar-refractivity contribution in [1.29, 1.82) is 0 Å². The maximum absolute atomic E-state index is 13.5. The second kappa shape index (κ2) is 5.68. The fraction of sp³-hybridized carbons (Fsp3) is 0.333. The molecule has 1 unspecified atom stereocenters. The summed E-state index contributed by atoms with van der Waals surface area (Å²) in [4.78, 5) is 2.55. The van der Waals surface area contributed by atoms with E-state index in [9.17, 15) is 4.39 Å². The Morgan fingerprint density at radius 3 is 2.90 bits per heavy atom. The number of thiophene rings is 1. The predicted octanol–water partition coefficient (Wildman–Crippen LogP) is 4.69. The van der Waals surface area contributed by atoms with Gasteiger partial charge in [-0.25, -0.2) is 4.39 Å². The minimum Gasteiger partial charge on any atom is -0.320 e. The molecule has 2 N–H and O–H groups in total. The first-order chi connectivity index (χ1) is 9.56. The molecule has 3 rings (SSSR count). The predicted molar refractivity (Wildman–Crippen MR) is 86.4 cm³/mol. The topological polar surface area (TPSA) is 26.0 Å². The van der Waals surface area contributed by atoms with Gasteiger partial charge in [-0.15, -0.1) is 11.3 Å². The Hall–Kier alpha value is -0.550. The van der Waals surface area contributed by atoms with Crippen LogP contribution in [0.4, 0.5) is 4.39 Å². The maximum Gasteiger partial charge on any atom is 0.127 e. The van der Waals surface area contributed by atoms with Crippen LogP contribution in [-0.4, -0.2) is 5.75 Å². The monoisotopic (exact) mass is 327 g/mol. The van der Waals surface area contributed by atoms with E-state index < -0.39 is 0 Å². The zero-order chi connectivity index (χ0) is 14.3. The van der Waals surface area contributed by atoms with E-state index in [4.69, 9.17) is 17.3 Å². The zero-order valence-electron chi connectivity index (χ0n) is 11.1. The Morgan fingerprint density at radius 2 is 2.15 bits per heavy atom. The second-order valence-electron chi connectivity index (χ2n) is 5.00. The number of aryl methyl sites for hydroxylation is 2. The molecule has 2 heterocycles. The molecule has 1 aromatic heterocycles. The minimum atomic E-state index is -0.284. The number of benzene rings is 1. The third-order valence-electron chi connectivity index (χ3n) is 3.57. The molecule has 106 valence electrons. The van der Waals surface area contributed by atoms with Crippen LogP contribution >= 0.6 is 34.7 Å². The molecule has 0 saturated heterocycles. The molecule has 20 heavy (non-hydrogen) atoms. The van der Waals surface area contributed by atoms with E-state index in [0.29, 0.717) is 10.6 Å². The molecule has 0 fully saturated rings. The maximum atomic E-state index is 13.5. The molecule has 2 aromatic rings. The summed E-state index contributed by atoms with van der Waals surface area (Å²) >= 11 is 9.88. The summed E-state index contributed by atoms with van der Waals surface area (Å²) < 4.78 is 13.5. The van der Waals surface area contributed by atoms with Crippen LogP contribution in [0.3, 0.4) is 0 Å². The van der Waals surface area contributed by atoms with Crippen LogP contribution < -0.4 is 5.73 Å². The van der Waals surface area contributed by atoms with Gasteiger partial charge in [0, 0.05) is 20.5 Å². The van der Waals surface area contributed by atoms with Gasteiger partial charge in [0.2, 0.25) is 0 Å². The fourth-order valence-electron chi connectivity index (χ4n) is 2.39. The van der Waals surface area contributed by atoms with Gasteiger partial charge in [-0.1, -0.05) is 11.6 Å². The first-order valence-corrected chi connectivity index (χ1v) is 8.81. The van der Waals surface area contributed by atoms with Crippen molar-refractivity contribution >= 4 is 34.7 Å². The molecule has 5 heteroatoms. The summed E-state index contributed by atoms with van der Waals surface area (Å²) in [7, 11) is 0. The Balaban J connectivity index is 1.98. The molecule has 1 atom stereocenters. The van der Waals surface area contributed by atoms with Crippen LogP contribution in [0.1, 0.15) is 32.5 Å². The lowest BCUT2D eigenvalue weighted by molar-refractivity contribution is 0.617. The molecule has 0 spiro atoms. The molecule has 1 nitrogen and oxygen atoms in total. The van der Waals surface area contributed by atoms with Gasteiger partial charge in [0.05, 0.1) is 6.04 Å². The molecular formula is C15H15ClFNS2. The van der Waals surface area contributed by atoms with Crippen molar-refractivity contribution in [2.45, 2.75) is 25.1 Å². The molecule has 0 bridgehead atoms. The first-order valence-electron chi connectivity index (χ1n) is 6.46. The lowest BCUT2D eigenvalue weighted by Crippen LogP contribution is -2.11. The van der Waals surface area contributed by atoms with E-state index in [2.05, 4.69) is 6.07 Å². The van der Waals surface area contributed by atoms with Gasteiger partial charge in [0.25, 0.3) is 0 Å². The Kier molecular flexibility index (Phi) is 4.09. The number of thioether (sulfide) groups is 1. The Morgan fingerprint density at radius 1 is 1.35 bits per heavy atom. The van der Waals surface area contributed by atoms with Crippen LogP contribution in [0.2, 0.25) is 5.02 Å². The summed E-state index contributed by atoms with van der Waals surface area (Å²) in [5.74, 6) is 1.96. The van der Waals surface area contributed by atoms with Crippen LogP contribution in [0.15, 0.2) is 18.2 Å². The molecular weight excluding hydrogens is 313 g/mol. The minimum absolute atomic E-state index is 0.276. The highest BCUT2D eigenvalue weighted by Crippen LogP contribution is 2.37. The van der Waals surface area contributed by atoms with Crippen LogP contribution in [0.25, 0.3) is 0 Å². The van der Waals surface area contributed by atoms with Gasteiger partial charge in [-0.2, -0.15) is 11.8 Å². The van der Waals surface area contributed by atoms with Crippen molar-refractivity contribution in [2.24, 2.45) is 5.73 Å². The van der Waals surface area contributed by atoms with Crippen LogP contribution in [-0.2, 0) is 12.2 Å². The summed E-state index contributed by atoms with van der Waals surface area (Å²) in [6.07, 6.45) is 1.12. The average Bonchev–Trinajstić information content (AvgIpc) is 2.86. The van der Waals surface area contributed by atoms with E-state index in [0.717, 1.165) is 22.6 Å². The smallest absolute Gasteiger partial charge is 0.127 e. The summed E-state index contributed by atoms with van der Waals surface area (Å²) in [5.41, 5.74) is 9.12.